The van der Waals surface area contributed by atoms with Crippen LogP contribution in [0.3, 0.4) is 0 Å². The third kappa shape index (κ3) is 1.97. The number of nitrogens with zero attached hydrogens (tertiary/aromatic N) is 3. The zero-order chi connectivity index (χ0) is 12.6. The maximum Gasteiger partial charge on any atom is 0.138 e. The van der Waals surface area contributed by atoms with Gasteiger partial charge in [-0.05, 0) is 24.6 Å². The third-order valence-corrected chi connectivity index (χ3v) is 3.95. The molecule has 0 unspecified atom stereocenters. The lowest BCUT2D eigenvalue weighted by Gasteiger charge is -2.42. The molecule has 4 nitrogen and oxygen atoms in total. The van der Waals surface area contributed by atoms with Gasteiger partial charge in [0.2, 0.25) is 0 Å². The van der Waals surface area contributed by atoms with E-state index in [-0.39, 0.29) is 5.41 Å². The minimum absolute atomic E-state index is 0.0300. The molecule has 0 radical (unpaired) electrons. The van der Waals surface area contributed by atoms with Gasteiger partial charge in [0, 0.05) is 4.47 Å². The van der Waals surface area contributed by atoms with E-state index in [1.807, 2.05) is 17.7 Å². The Morgan fingerprint density at radius 1 is 1.44 bits per heavy atom. The number of aryl methyl sites for hydroxylation is 1. The van der Waals surface area contributed by atoms with Crippen molar-refractivity contribution in [1.29, 1.82) is 0 Å². The van der Waals surface area contributed by atoms with Crippen LogP contribution in [0.5, 0.6) is 0 Å². The fraction of sp³-hybridized carbons (Fsp3) is 0.385. The summed E-state index contributed by atoms with van der Waals surface area (Å²) in [5.41, 5.74) is 1.32. The Bertz CT molecular complexity index is 563. The highest BCUT2D eigenvalue weighted by Gasteiger charge is 2.41. The van der Waals surface area contributed by atoms with Crippen LogP contribution >= 0.6 is 15.9 Å². The van der Waals surface area contributed by atoms with Crippen molar-refractivity contribution in [2.45, 2.75) is 18.9 Å². The van der Waals surface area contributed by atoms with E-state index in [1.54, 1.807) is 6.33 Å². The van der Waals surface area contributed by atoms with Crippen molar-refractivity contribution in [2.24, 2.45) is 0 Å². The van der Waals surface area contributed by atoms with Crippen LogP contribution in [0.2, 0.25) is 0 Å². The van der Waals surface area contributed by atoms with E-state index in [4.69, 9.17) is 4.74 Å². The van der Waals surface area contributed by atoms with Gasteiger partial charge in [0.15, 0.2) is 0 Å². The lowest BCUT2D eigenvalue weighted by molar-refractivity contribution is -0.0703. The number of halogens is 1. The minimum atomic E-state index is 0.0300. The second-order valence-electron chi connectivity index (χ2n) is 4.75. The molecule has 0 atom stereocenters. The van der Waals surface area contributed by atoms with Crippen molar-refractivity contribution in [3.05, 3.63) is 46.5 Å². The molecule has 0 N–H and O–H groups in total. The Hall–Kier alpha value is -1.20. The smallest absolute Gasteiger partial charge is 0.138 e. The molecule has 0 spiro atoms. The van der Waals surface area contributed by atoms with Crippen molar-refractivity contribution < 1.29 is 4.74 Å². The highest BCUT2D eigenvalue weighted by Crippen LogP contribution is 2.35. The number of hydrogen-bond acceptors (Lipinski definition) is 3. The second kappa shape index (κ2) is 4.48. The van der Waals surface area contributed by atoms with Gasteiger partial charge >= 0.3 is 0 Å². The molecule has 1 fully saturated rings. The summed E-state index contributed by atoms with van der Waals surface area (Å²) < 4.78 is 8.49. The molecule has 0 amide bonds. The number of rotatable bonds is 3. The molecule has 1 aliphatic heterocycles. The number of hydrogen-bond donors (Lipinski definition) is 0. The van der Waals surface area contributed by atoms with Crippen LogP contribution in [-0.4, -0.2) is 28.0 Å². The van der Waals surface area contributed by atoms with E-state index >= 15 is 0 Å². The highest BCUT2D eigenvalue weighted by atomic mass is 79.9. The quantitative estimate of drug-likeness (QED) is 0.873. The summed E-state index contributed by atoms with van der Waals surface area (Å²) in [5, 5.41) is 4.27. The van der Waals surface area contributed by atoms with Gasteiger partial charge in [-0.25, -0.2) is 9.67 Å². The summed E-state index contributed by atoms with van der Waals surface area (Å²) in [4.78, 5) is 4.17. The Labute approximate surface area is 114 Å². The molecule has 0 bridgehead atoms. The zero-order valence-corrected chi connectivity index (χ0v) is 11.7. The summed E-state index contributed by atoms with van der Waals surface area (Å²) in [5.74, 6) is 0.941. The van der Waals surface area contributed by atoms with E-state index < -0.39 is 0 Å². The second-order valence-corrected chi connectivity index (χ2v) is 5.66. The molecule has 0 saturated carbocycles. The standard InChI is InChI=1S/C13H14BrN3O/c1-10-15-9-16-17(10)6-13(7-18-8-13)11-3-2-4-12(14)5-11/h2-5,9H,6-8H2,1H3. The summed E-state index contributed by atoms with van der Waals surface area (Å²) in [6.07, 6.45) is 1.60. The van der Waals surface area contributed by atoms with Crippen molar-refractivity contribution in [3.8, 4) is 0 Å². The molecule has 18 heavy (non-hydrogen) atoms. The van der Waals surface area contributed by atoms with Crippen LogP contribution in [0.4, 0.5) is 0 Å². The maximum atomic E-state index is 5.44. The number of aromatic nitrogens is 3. The van der Waals surface area contributed by atoms with Gasteiger partial charge in [-0.3, -0.25) is 0 Å². The molecule has 2 heterocycles. The molecular formula is C13H14BrN3O. The monoisotopic (exact) mass is 307 g/mol. The van der Waals surface area contributed by atoms with Crippen LogP contribution in [0.1, 0.15) is 11.4 Å². The van der Waals surface area contributed by atoms with E-state index in [2.05, 4.69) is 44.2 Å². The van der Waals surface area contributed by atoms with Crippen LogP contribution in [0.25, 0.3) is 0 Å². The predicted molar refractivity (Wildman–Crippen MR) is 71.4 cm³/mol. The van der Waals surface area contributed by atoms with Gasteiger partial charge in [0.1, 0.15) is 12.2 Å². The summed E-state index contributed by atoms with van der Waals surface area (Å²) in [6, 6.07) is 8.42. The number of benzene rings is 1. The largest absolute Gasteiger partial charge is 0.379 e. The van der Waals surface area contributed by atoms with Gasteiger partial charge < -0.3 is 4.74 Å². The summed E-state index contributed by atoms with van der Waals surface area (Å²) >= 11 is 3.52. The van der Waals surface area contributed by atoms with Crippen LogP contribution in [-0.2, 0) is 16.7 Å². The fourth-order valence-corrected chi connectivity index (χ4v) is 2.68. The average Bonchev–Trinajstić information content (AvgIpc) is 2.69. The van der Waals surface area contributed by atoms with Gasteiger partial charge in [-0.1, -0.05) is 28.1 Å². The average molecular weight is 308 g/mol. The summed E-state index contributed by atoms with van der Waals surface area (Å²) in [7, 11) is 0. The van der Waals surface area contributed by atoms with Gasteiger partial charge in [0.25, 0.3) is 0 Å². The zero-order valence-electron chi connectivity index (χ0n) is 10.1. The lowest BCUT2D eigenvalue weighted by Crippen LogP contribution is -2.50. The molecule has 5 heteroatoms. The van der Waals surface area contributed by atoms with Crippen molar-refractivity contribution >= 4 is 15.9 Å². The molecule has 94 valence electrons. The van der Waals surface area contributed by atoms with Crippen LogP contribution < -0.4 is 0 Å². The molecule has 2 aromatic rings. The summed E-state index contributed by atoms with van der Waals surface area (Å²) in [6.45, 7) is 4.27. The molecule has 0 aliphatic carbocycles. The molecule has 1 aliphatic rings. The lowest BCUT2D eigenvalue weighted by atomic mass is 9.78. The molecular weight excluding hydrogens is 294 g/mol. The Kier molecular flexibility index (Phi) is 2.95. The fourth-order valence-electron chi connectivity index (χ4n) is 2.28. The first-order valence-electron chi connectivity index (χ1n) is 5.88. The maximum absolute atomic E-state index is 5.44. The van der Waals surface area contributed by atoms with E-state index in [1.165, 1.54) is 5.56 Å². The SMILES string of the molecule is Cc1ncnn1CC1(c2cccc(Br)c2)COC1. The minimum Gasteiger partial charge on any atom is -0.379 e. The van der Waals surface area contributed by atoms with E-state index in [0.29, 0.717) is 0 Å². The van der Waals surface area contributed by atoms with Crippen molar-refractivity contribution in [2.75, 3.05) is 13.2 Å². The first-order valence-corrected chi connectivity index (χ1v) is 6.67. The molecule has 1 aromatic carbocycles. The predicted octanol–water partition coefficient (Wildman–Crippen LogP) is 2.32. The van der Waals surface area contributed by atoms with Crippen molar-refractivity contribution in [1.82, 2.24) is 14.8 Å². The van der Waals surface area contributed by atoms with Crippen molar-refractivity contribution in [3.63, 3.8) is 0 Å². The van der Waals surface area contributed by atoms with Crippen LogP contribution in [0.15, 0.2) is 35.1 Å². The first-order chi connectivity index (χ1) is 8.70. The van der Waals surface area contributed by atoms with Crippen LogP contribution in [0, 0.1) is 6.92 Å². The number of ether oxygens (including phenoxy) is 1. The van der Waals surface area contributed by atoms with Gasteiger partial charge in [0.05, 0.1) is 25.2 Å². The Balaban J connectivity index is 1.93. The Morgan fingerprint density at radius 2 is 2.28 bits per heavy atom. The first kappa shape index (κ1) is 11.9. The Morgan fingerprint density at radius 3 is 2.83 bits per heavy atom. The topological polar surface area (TPSA) is 39.9 Å². The van der Waals surface area contributed by atoms with Gasteiger partial charge in [-0.15, -0.1) is 0 Å². The highest BCUT2D eigenvalue weighted by molar-refractivity contribution is 9.10. The molecule has 1 aromatic heterocycles. The van der Waals surface area contributed by atoms with E-state index in [9.17, 15) is 0 Å². The van der Waals surface area contributed by atoms with E-state index in [0.717, 1.165) is 30.1 Å². The molecule has 1 saturated heterocycles. The molecule has 3 rings (SSSR count). The van der Waals surface area contributed by atoms with Gasteiger partial charge in [-0.2, -0.15) is 5.10 Å². The third-order valence-electron chi connectivity index (χ3n) is 3.46. The normalized spacial score (nSPS) is 17.4.